The quantitative estimate of drug-likeness (QED) is 0.911. The van der Waals surface area contributed by atoms with Crippen LogP contribution >= 0.6 is 11.3 Å². The Bertz CT molecular complexity index is 395. The Hall–Kier alpha value is -0.610. The molecule has 2 fully saturated rings. The number of hydrogen-bond acceptors (Lipinski definition) is 4. The molecular weight excluding hydrogens is 242 g/mol. The first-order chi connectivity index (χ1) is 8.75. The third-order valence-electron chi connectivity index (χ3n) is 4.45. The van der Waals surface area contributed by atoms with Crippen LogP contribution in [0.2, 0.25) is 0 Å². The van der Waals surface area contributed by atoms with Crippen molar-refractivity contribution in [2.45, 2.75) is 57.5 Å². The number of nitrogens with two attached hydrogens (primary N) is 1. The van der Waals surface area contributed by atoms with Crippen LogP contribution in [0.25, 0.3) is 0 Å². The first kappa shape index (κ1) is 12.4. The lowest BCUT2D eigenvalue weighted by Gasteiger charge is -2.29. The molecule has 2 unspecified atom stereocenters. The largest absolute Gasteiger partial charge is 0.345 e. The van der Waals surface area contributed by atoms with E-state index in [2.05, 4.69) is 9.88 Å². The summed E-state index contributed by atoms with van der Waals surface area (Å²) in [6, 6.07) is 0.864. The molecule has 2 heterocycles. The van der Waals surface area contributed by atoms with Gasteiger partial charge in [0.2, 0.25) is 0 Å². The lowest BCUT2D eigenvalue weighted by atomic mass is 9.96. The Balaban J connectivity index is 1.76. The van der Waals surface area contributed by atoms with Crippen LogP contribution in [-0.2, 0) is 0 Å². The van der Waals surface area contributed by atoms with Gasteiger partial charge in [-0.1, -0.05) is 12.8 Å². The summed E-state index contributed by atoms with van der Waals surface area (Å²) in [5.41, 5.74) is 5.93. The molecule has 100 valence electrons. The molecule has 0 aromatic carbocycles. The predicted molar refractivity (Wildman–Crippen MR) is 77.0 cm³/mol. The smallest absolute Gasteiger partial charge is 0.185 e. The normalized spacial score (nSPS) is 27.0. The molecule has 3 nitrogen and oxygen atoms in total. The van der Waals surface area contributed by atoms with Crippen molar-refractivity contribution in [1.29, 1.82) is 0 Å². The molecule has 18 heavy (non-hydrogen) atoms. The summed E-state index contributed by atoms with van der Waals surface area (Å²) in [5, 5.41) is 1.21. The lowest BCUT2D eigenvalue weighted by molar-refractivity contribution is 0.430. The van der Waals surface area contributed by atoms with Crippen LogP contribution in [0.3, 0.4) is 0 Å². The highest BCUT2D eigenvalue weighted by atomic mass is 32.1. The number of nitrogens with zero attached hydrogens (tertiary/aromatic N) is 2. The van der Waals surface area contributed by atoms with Gasteiger partial charge in [-0.2, -0.15) is 0 Å². The highest BCUT2D eigenvalue weighted by Crippen LogP contribution is 2.39. The fraction of sp³-hybridized carbons (Fsp3) is 0.786. The minimum Gasteiger partial charge on any atom is -0.345 e. The first-order valence-electron chi connectivity index (χ1n) is 7.23. The van der Waals surface area contributed by atoms with E-state index in [0.717, 1.165) is 12.0 Å². The molecule has 1 aliphatic heterocycles. The van der Waals surface area contributed by atoms with Gasteiger partial charge in [-0.25, -0.2) is 4.98 Å². The van der Waals surface area contributed by atoms with E-state index in [-0.39, 0.29) is 6.04 Å². The Morgan fingerprint density at radius 2 is 2.11 bits per heavy atom. The second kappa shape index (κ2) is 5.17. The van der Waals surface area contributed by atoms with Crippen LogP contribution in [0.5, 0.6) is 0 Å². The van der Waals surface area contributed by atoms with Crippen LogP contribution in [-0.4, -0.2) is 17.6 Å². The molecule has 1 saturated carbocycles. The van der Waals surface area contributed by atoms with Crippen molar-refractivity contribution in [2.24, 2.45) is 11.7 Å². The van der Waals surface area contributed by atoms with E-state index in [9.17, 15) is 0 Å². The third kappa shape index (κ3) is 2.28. The van der Waals surface area contributed by atoms with Gasteiger partial charge in [0, 0.05) is 29.7 Å². The molecule has 2 atom stereocenters. The van der Waals surface area contributed by atoms with Gasteiger partial charge in [-0.15, -0.1) is 11.3 Å². The first-order valence-corrected chi connectivity index (χ1v) is 8.05. The minimum atomic E-state index is 0.115. The number of thiazole rings is 1. The number of rotatable bonds is 3. The van der Waals surface area contributed by atoms with E-state index in [0.29, 0.717) is 0 Å². The van der Waals surface area contributed by atoms with E-state index in [1.165, 1.54) is 55.1 Å². The van der Waals surface area contributed by atoms with Crippen molar-refractivity contribution in [2.75, 3.05) is 11.4 Å². The standard InChI is InChI=1S/C14H23N3S/c1-10(15)13-9-16-14(18-13)17-8-4-7-12(17)11-5-2-3-6-11/h9-12H,2-8,15H2,1H3. The zero-order valence-corrected chi connectivity index (χ0v) is 12.0. The van der Waals surface area contributed by atoms with E-state index < -0.39 is 0 Å². The fourth-order valence-corrected chi connectivity index (χ4v) is 4.43. The zero-order chi connectivity index (χ0) is 12.5. The van der Waals surface area contributed by atoms with Gasteiger partial charge in [-0.05, 0) is 38.5 Å². The molecule has 0 bridgehead atoms. The number of aromatic nitrogens is 1. The highest BCUT2D eigenvalue weighted by Gasteiger charge is 2.34. The molecule has 2 aliphatic rings. The molecule has 0 radical (unpaired) electrons. The summed E-state index contributed by atoms with van der Waals surface area (Å²) in [6.07, 6.45) is 10.4. The predicted octanol–water partition coefficient (Wildman–Crippen LogP) is 3.32. The van der Waals surface area contributed by atoms with Crippen molar-refractivity contribution >= 4 is 16.5 Å². The lowest BCUT2D eigenvalue weighted by Crippen LogP contribution is -2.34. The monoisotopic (exact) mass is 265 g/mol. The van der Waals surface area contributed by atoms with E-state index in [4.69, 9.17) is 5.73 Å². The van der Waals surface area contributed by atoms with Gasteiger partial charge in [0.1, 0.15) is 0 Å². The van der Waals surface area contributed by atoms with Crippen molar-refractivity contribution < 1.29 is 0 Å². The molecule has 1 saturated heterocycles. The van der Waals surface area contributed by atoms with Gasteiger partial charge in [0.05, 0.1) is 0 Å². The van der Waals surface area contributed by atoms with Crippen molar-refractivity contribution in [3.05, 3.63) is 11.1 Å². The average molecular weight is 265 g/mol. The minimum absolute atomic E-state index is 0.115. The summed E-state index contributed by atoms with van der Waals surface area (Å²) >= 11 is 1.79. The molecule has 1 aromatic heterocycles. The number of hydrogen-bond donors (Lipinski definition) is 1. The zero-order valence-electron chi connectivity index (χ0n) is 11.1. The Labute approximate surface area is 113 Å². The Kier molecular flexibility index (Phi) is 3.57. The molecule has 1 aliphatic carbocycles. The molecule has 0 spiro atoms. The van der Waals surface area contributed by atoms with E-state index >= 15 is 0 Å². The van der Waals surface area contributed by atoms with Gasteiger partial charge in [0.15, 0.2) is 5.13 Å². The summed E-state index contributed by atoms with van der Waals surface area (Å²) in [5.74, 6) is 0.912. The summed E-state index contributed by atoms with van der Waals surface area (Å²) in [6.45, 7) is 3.23. The maximum Gasteiger partial charge on any atom is 0.185 e. The van der Waals surface area contributed by atoms with Gasteiger partial charge in [-0.3, -0.25) is 0 Å². The van der Waals surface area contributed by atoms with E-state index in [1.54, 1.807) is 11.3 Å². The Morgan fingerprint density at radius 3 is 2.78 bits per heavy atom. The summed E-state index contributed by atoms with van der Waals surface area (Å²) in [7, 11) is 0. The second-order valence-corrected chi connectivity index (χ2v) is 6.82. The van der Waals surface area contributed by atoms with Crippen molar-refractivity contribution in [3.63, 3.8) is 0 Å². The van der Waals surface area contributed by atoms with Gasteiger partial charge >= 0.3 is 0 Å². The maximum absolute atomic E-state index is 5.93. The average Bonchev–Trinajstić information content (AvgIpc) is 3.10. The highest BCUT2D eigenvalue weighted by molar-refractivity contribution is 7.15. The molecule has 3 rings (SSSR count). The van der Waals surface area contributed by atoms with Crippen LogP contribution in [0, 0.1) is 5.92 Å². The topological polar surface area (TPSA) is 42.1 Å². The Morgan fingerprint density at radius 1 is 1.33 bits per heavy atom. The number of anilines is 1. The van der Waals surface area contributed by atoms with Crippen molar-refractivity contribution in [1.82, 2.24) is 4.98 Å². The van der Waals surface area contributed by atoms with Crippen LogP contribution in [0.4, 0.5) is 5.13 Å². The molecule has 0 amide bonds. The SMILES string of the molecule is CC(N)c1cnc(N2CCCC2C2CCCC2)s1. The van der Waals surface area contributed by atoms with E-state index in [1.807, 2.05) is 13.1 Å². The second-order valence-electron chi connectivity index (χ2n) is 5.78. The van der Waals surface area contributed by atoms with Crippen LogP contribution < -0.4 is 10.6 Å². The molecular formula is C14H23N3S. The fourth-order valence-electron chi connectivity index (χ4n) is 3.48. The van der Waals surface area contributed by atoms with Gasteiger partial charge in [0.25, 0.3) is 0 Å². The van der Waals surface area contributed by atoms with Gasteiger partial charge < -0.3 is 10.6 Å². The summed E-state index contributed by atoms with van der Waals surface area (Å²) < 4.78 is 0. The molecule has 1 aromatic rings. The third-order valence-corrected chi connectivity index (χ3v) is 5.68. The van der Waals surface area contributed by atoms with Crippen LogP contribution in [0.1, 0.15) is 56.4 Å². The molecule has 2 N–H and O–H groups in total. The van der Waals surface area contributed by atoms with Crippen molar-refractivity contribution in [3.8, 4) is 0 Å². The maximum atomic E-state index is 5.93. The molecule has 4 heteroatoms. The summed E-state index contributed by atoms with van der Waals surface area (Å²) in [4.78, 5) is 8.38. The van der Waals surface area contributed by atoms with Crippen LogP contribution in [0.15, 0.2) is 6.20 Å².